The van der Waals surface area contributed by atoms with Gasteiger partial charge >= 0.3 is 0 Å². The summed E-state index contributed by atoms with van der Waals surface area (Å²) in [5.74, 6) is 0.341. The summed E-state index contributed by atoms with van der Waals surface area (Å²) in [5.41, 5.74) is 0. The van der Waals surface area contributed by atoms with Crippen LogP contribution in [-0.4, -0.2) is 11.4 Å². The normalized spacial score (nSPS) is 10.9. The van der Waals surface area contributed by atoms with E-state index >= 15 is 0 Å². The van der Waals surface area contributed by atoms with Crippen molar-refractivity contribution >= 4 is 45.8 Å². The summed E-state index contributed by atoms with van der Waals surface area (Å²) in [6, 6.07) is 3.66. The van der Waals surface area contributed by atoms with E-state index in [1.807, 2.05) is 17.7 Å². The molecule has 2 rings (SSSR count). The molecule has 0 bridgehead atoms. The molecule has 13 heavy (non-hydrogen) atoms. The van der Waals surface area contributed by atoms with Gasteiger partial charge in [-0.3, -0.25) is 0 Å². The highest BCUT2D eigenvalue weighted by Crippen LogP contribution is 2.40. The fraction of sp³-hybridized carbons (Fsp3) is 0.111. The lowest BCUT2D eigenvalue weighted by atomic mass is 10.2. The molecule has 1 heterocycles. The van der Waals surface area contributed by atoms with Crippen molar-refractivity contribution in [3.05, 3.63) is 17.5 Å². The van der Waals surface area contributed by atoms with Crippen LogP contribution >= 0.6 is 35.7 Å². The predicted molar refractivity (Wildman–Crippen MR) is 62.5 cm³/mol. The molecule has 0 saturated heterocycles. The molecule has 1 aromatic heterocycles. The van der Waals surface area contributed by atoms with Crippen molar-refractivity contribution in [2.24, 2.45) is 0 Å². The minimum atomic E-state index is 0.341. The molecule has 0 aliphatic carbocycles. The molecule has 0 aliphatic heterocycles. The molecule has 0 saturated carbocycles. The molecule has 0 fully saturated rings. The molecule has 0 atom stereocenters. The Morgan fingerprint density at radius 3 is 2.92 bits per heavy atom. The molecule has 0 amide bonds. The lowest BCUT2D eigenvalue weighted by molar-refractivity contribution is 0.464. The van der Waals surface area contributed by atoms with Gasteiger partial charge in [-0.2, -0.15) is 0 Å². The fourth-order valence-corrected chi connectivity index (χ4v) is 3.42. The van der Waals surface area contributed by atoms with Crippen LogP contribution < -0.4 is 0 Å². The van der Waals surface area contributed by atoms with E-state index < -0.39 is 0 Å². The highest BCUT2D eigenvalue weighted by atomic mass is 32.2. The first-order chi connectivity index (χ1) is 6.24. The summed E-state index contributed by atoms with van der Waals surface area (Å²) in [4.78, 5) is 1.86. The molecule has 1 nitrogen and oxygen atoms in total. The van der Waals surface area contributed by atoms with Crippen LogP contribution in [0.1, 0.15) is 0 Å². The van der Waals surface area contributed by atoms with Crippen molar-refractivity contribution in [3.8, 4) is 5.75 Å². The van der Waals surface area contributed by atoms with Crippen LogP contribution in [-0.2, 0) is 0 Å². The highest BCUT2D eigenvalue weighted by Gasteiger charge is 2.09. The van der Waals surface area contributed by atoms with Gasteiger partial charge in [0.2, 0.25) is 0 Å². The van der Waals surface area contributed by atoms with Gasteiger partial charge in [0.1, 0.15) is 5.75 Å². The van der Waals surface area contributed by atoms with Gasteiger partial charge in [-0.15, -0.1) is 35.7 Å². The quantitative estimate of drug-likeness (QED) is 0.574. The van der Waals surface area contributed by atoms with Crippen LogP contribution in [0.25, 0.3) is 10.1 Å². The molecule has 0 spiro atoms. The summed E-state index contributed by atoms with van der Waals surface area (Å²) in [7, 11) is 0. The van der Waals surface area contributed by atoms with Gasteiger partial charge in [-0.1, -0.05) is 0 Å². The number of aromatic hydroxyl groups is 1. The lowest BCUT2D eigenvalue weighted by Crippen LogP contribution is -1.74. The maximum atomic E-state index is 9.60. The van der Waals surface area contributed by atoms with Crippen molar-refractivity contribution in [2.75, 3.05) is 6.26 Å². The third kappa shape index (κ3) is 1.43. The zero-order valence-corrected chi connectivity index (χ0v) is 9.47. The molecule has 0 unspecified atom stereocenters. The van der Waals surface area contributed by atoms with Crippen LogP contribution in [0.2, 0.25) is 0 Å². The average Bonchev–Trinajstić information content (AvgIpc) is 2.49. The minimum absolute atomic E-state index is 0.341. The van der Waals surface area contributed by atoms with Crippen molar-refractivity contribution in [1.29, 1.82) is 0 Å². The molecule has 2 aromatic rings. The summed E-state index contributed by atoms with van der Waals surface area (Å²) >= 11 is 7.56. The first-order valence-electron chi connectivity index (χ1n) is 3.70. The van der Waals surface area contributed by atoms with Crippen LogP contribution in [0.5, 0.6) is 5.75 Å². The molecule has 1 aromatic carbocycles. The van der Waals surface area contributed by atoms with E-state index in [-0.39, 0.29) is 0 Å². The number of thiophene rings is 1. The minimum Gasteiger partial charge on any atom is -0.507 e. The Balaban J connectivity index is 2.88. The summed E-state index contributed by atoms with van der Waals surface area (Å²) in [6.45, 7) is 0. The van der Waals surface area contributed by atoms with Gasteiger partial charge in [-0.25, -0.2) is 0 Å². The highest BCUT2D eigenvalue weighted by molar-refractivity contribution is 7.99. The van der Waals surface area contributed by atoms with Crippen molar-refractivity contribution < 1.29 is 5.11 Å². The van der Waals surface area contributed by atoms with Crippen LogP contribution in [0.4, 0.5) is 0 Å². The van der Waals surface area contributed by atoms with E-state index in [2.05, 4.69) is 12.6 Å². The summed E-state index contributed by atoms with van der Waals surface area (Å²) in [5, 5.41) is 12.7. The number of rotatable bonds is 1. The molecular weight excluding hydrogens is 220 g/mol. The fourth-order valence-electron chi connectivity index (χ4n) is 1.28. The Morgan fingerprint density at radius 2 is 2.23 bits per heavy atom. The number of hydrogen-bond donors (Lipinski definition) is 2. The third-order valence-corrected chi connectivity index (χ3v) is 4.15. The van der Waals surface area contributed by atoms with Gasteiger partial charge < -0.3 is 5.11 Å². The second kappa shape index (κ2) is 3.44. The Kier molecular flexibility index (Phi) is 2.45. The predicted octanol–water partition coefficient (Wildman–Crippen LogP) is 3.62. The zero-order valence-electron chi connectivity index (χ0n) is 6.94. The summed E-state index contributed by atoms with van der Waals surface area (Å²) < 4.78 is 1.17. The van der Waals surface area contributed by atoms with E-state index in [0.29, 0.717) is 5.75 Å². The SMILES string of the molecule is CSc1c(O)ccc2scc(S)c12. The van der Waals surface area contributed by atoms with Crippen LogP contribution in [0.15, 0.2) is 27.3 Å². The molecule has 0 aliphatic rings. The van der Waals surface area contributed by atoms with E-state index in [1.54, 1.807) is 29.2 Å². The summed E-state index contributed by atoms with van der Waals surface area (Å²) in [6.07, 6.45) is 1.96. The zero-order chi connectivity index (χ0) is 9.42. The Hall–Kier alpha value is -0.320. The number of thiol groups is 1. The lowest BCUT2D eigenvalue weighted by Gasteiger charge is -2.02. The first-order valence-corrected chi connectivity index (χ1v) is 6.25. The number of thioether (sulfide) groups is 1. The molecule has 0 radical (unpaired) electrons. The smallest absolute Gasteiger partial charge is 0.129 e. The van der Waals surface area contributed by atoms with E-state index in [1.165, 1.54) is 4.70 Å². The number of hydrogen-bond acceptors (Lipinski definition) is 4. The molecular formula is C9H8OS3. The van der Waals surface area contributed by atoms with E-state index in [4.69, 9.17) is 0 Å². The van der Waals surface area contributed by atoms with E-state index in [0.717, 1.165) is 15.2 Å². The Bertz CT molecular complexity index is 447. The third-order valence-electron chi connectivity index (χ3n) is 1.86. The average molecular weight is 228 g/mol. The van der Waals surface area contributed by atoms with Crippen LogP contribution in [0.3, 0.4) is 0 Å². The second-order valence-electron chi connectivity index (χ2n) is 2.61. The van der Waals surface area contributed by atoms with Gasteiger partial charge in [-0.05, 0) is 18.4 Å². The van der Waals surface area contributed by atoms with Crippen molar-refractivity contribution in [3.63, 3.8) is 0 Å². The standard InChI is InChI=1S/C9H8OS3/c1-12-9-5(10)2-3-7-8(9)6(11)4-13-7/h2-4,10-11H,1H3. The van der Waals surface area contributed by atoms with Crippen molar-refractivity contribution in [1.82, 2.24) is 0 Å². The van der Waals surface area contributed by atoms with Crippen LogP contribution in [0, 0.1) is 0 Å². The first kappa shape index (κ1) is 9.24. The van der Waals surface area contributed by atoms with Gasteiger partial charge in [0, 0.05) is 20.4 Å². The Morgan fingerprint density at radius 1 is 1.46 bits per heavy atom. The van der Waals surface area contributed by atoms with Gasteiger partial charge in [0.25, 0.3) is 0 Å². The number of benzene rings is 1. The van der Waals surface area contributed by atoms with Gasteiger partial charge in [0.15, 0.2) is 0 Å². The van der Waals surface area contributed by atoms with E-state index in [9.17, 15) is 5.11 Å². The maximum absolute atomic E-state index is 9.60. The number of fused-ring (bicyclic) bond motifs is 1. The van der Waals surface area contributed by atoms with Crippen molar-refractivity contribution in [2.45, 2.75) is 9.79 Å². The molecule has 4 heteroatoms. The molecule has 68 valence electrons. The molecule has 1 N–H and O–H groups in total. The monoisotopic (exact) mass is 228 g/mol. The van der Waals surface area contributed by atoms with Gasteiger partial charge in [0.05, 0.1) is 4.90 Å². The number of phenolic OH excluding ortho intramolecular Hbond substituents is 1. The maximum Gasteiger partial charge on any atom is 0.129 e. The largest absolute Gasteiger partial charge is 0.507 e. The second-order valence-corrected chi connectivity index (χ2v) is 4.82. The topological polar surface area (TPSA) is 20.2 Å². The number of phenols is 1. The Labute approximate surface area is 90.2 Å².